The van der Waals surface area contributed by atoms with Gasteiger partial charge in [0.2, 0.25) is 0 Å². The standard InChI is InChI=1S/C22H23N3O4/c1-29-20(26)9-3-2-6-14-23-21(27)16-10-12-17(13-11-16)25-15-24-19-8-5-4-7-18(19)22(25)28/h4-5,7-8,10-13,15H,2-3,6,9,14H2,1H3,(H,23,27). The summed E-state index contributed by atoms with van der Waals surface area (Å²) >= 11 is 0. The Balaban J connectivity index is 1.57. The Bertz CT molecular complexity index is 1060. The molecule has 0 saturated heterocycles. The molecular formula is C22H23N3O4. The van der Waals surface area contributed by atoms with Gasteiger partial charge >= 0.3 is 5.97 Å². The lowest BCUT2D eigenvalue weighted by molar-refractivity contribution is -0.140. The summed E-state index contributed by atoms with van der Waals surface area (Å²) < 4.78 is 6.05. The number of fused-ring (bicyclic) bond motifs is 1. The molecule has 1 heterocycles. The summed E-state index contributed by atoms with van der Waals surface area (Å²) in [5, 5.41) is 3.41. The molecular weight excluding hydrogens is 370 g/mol. The van der Waals surface area contributed by atoms with E-state index >= 15 is 0 Å². The molecule has 0 unspecified atom stereocenters. The molecule has 0 atom stereocenters. The highest BCUT2D eigenvalue weighted by Crippen LogP contribution is 2.11. The number of aromatic nitrogens is 2. The first-order valence-electron chi connectivity index (χ1n) is 9.52. The molecule has 2 aromatic carbocycles. The predicted octanol–water partition coefficient (Wildman–Crippen LogP) is 2.85. The first kappa shape index (κ1) is 20.3. The summed E-state index contributed by atoms with van der Waals surface area (Å²) in [7, 11) is 1.38. The van der Waals surface area contributed by atoms with Crippen LogP contribution in [0.5, 0.6) is 0 Å². The quantitative estimate of drug-likeness (QED) is 0.469. The average molecular weight is 393 g/mol. The molecule has 7 heteroatoms. The summed E-state index contributed by atoms with van der Waals surface area (Å²) in [4.78, 5) is 40.3. The van der Waals surface area contributed by atoms with Gasteiger partial charge in [0.05, 0.1) is 23.7 Å². The molecule has 0 fully saturated rings. The Labute approximate surface area is 168 Å². The van der Waals surface area contributed by atoms with Gasteiger partial charge in [-0.15, -0.1) is 0 Å². The van der Waals surface area contributed by atoms with Crippen molar-refractivity contribution in [3.8, 4) is 5.69 Å². The minimum atomic E-state index is -0.213. The number of unbranched alkanes of at least 4 members (excludes halogenated alkanes) is 2. The number of carbonyl (C=O) groups excluding carboxylic acids is 2. The van der Waals surface area contributed by atoms with Gasteiger partial charge in [-0.1, -0.05) is 18.6 Å². The third kappa shape index (κ3) is 5.07. The number of para-hydroxylation sites is 1. The second-order valence-corrected chi connectivity index (χ2v) is 6.63. The predicted molar refractivity (Wildman–Crippen MR) is 110 cm³/mol. The molecule has 1 aromatic heterocycles. The summed E-state index contributed by atoms with van der Waals surface area (Å²) in [5.74, 6) is -0.386. The van der Waals surface area contributed by atoms with Crippen molar-refractivity contribution in [1.82, 2.24) is 14.9 Å². The maximum absolute atomic E-state index is 12.7. The molecule has 0 aliphatic rings. The number of esters is 1. The van der Waals surface area contributed by atoms with Gasteiger partial charge in [0.25, 0.3) is 11.5 Å². The van der Waals surface area contributed by atoms with Crippen molar-refractivity contribution < 1.29 is 14.3 Å². The van der Waals surface area contributed by atoms with Crippen molar-refractivity contribution in [3.63, 3.8) is 0 Å². The highest BCUT2D eigenvalue weighted by Gasteiger charge is 2.08. The molecule has 0 bridgehead atoms. The molecule has 1 N–H and O–H groups in total. The van der Waals surface area contributed by atoms with Crippen molar-refractivity contribution >= 4 is 22.8 Å². The van der Waals surface area contributed by atoms with Crippen LogP contribution in [0.4, 0.5) is 0 Å². The van der Waals surface area contributed by atoms with Crippen LogP contribution in [0, 0.1) is 0 Å². The molecule has 0 saturated carbocycles. The monoisotopic (exact) mass is 393 g/mol. The number of nitrogens with one attached hydrogen (secondary N) is 1. The number of methoxy groups -OCH3 is 1. The van der Waals surface area contributed by atoms with Crippen LogP contribution < -0.4 is 10.9 Å². The lowest BCUT2D eigenvalue weighted by atomic mass is 10.1. The Kier molecular flexibility index (Phi) is 6.73. The maximum Gasteiger partial charge on any atom is 0.305 e. The van der Waals surface area contributed by atoms with Gasteiger partial charge in [0.15, 0.2) is 0 Å². The normalized spacial score (nSPS) is 10.7. The third-order valence-electron chi connectivity index (χ3n) is 4.64. The fourth-order valence-corrected chi connectivity index (χ4v) is 3.00. The first-order valence-corrected chi connectivity index (χ1v) is 9.52. The number of benzene rings is 2. The van der Waals surface area contributed by atoms with E-state index in [-0.39, 0.29) is 17.4 Å². The van der Waals surface area contributed by atoms with Crippen LogP contribution in [-0.2, 0) is 9.53 Å². The average Bonchev–Trinajstić information content (AvgIpc) is 2.76. The third-order valence-corrected chi connectivity index (χ3v) is 4.64. The second kappa shape index (κ2) is 9.64. The molecule has 3 aromatic rings. The topological polar surface area (TPSA) is 90.3 Å². The van der Waals surface area contributed by atoms with Gasteiger partial charge in [-0.25, -0.2) is 4.98 Å². The smallest absolute Gasteiger partial charge is 0.305 e. The van der Waals surface area contributed by atoms with E-state index in [1.807, 2.05) is 6.07 Å². The largest absolute Gasteiger partial charge is 0.469 e. The summed E-state index contributed by atoms with van der Waals surface area (Å²) in [6.07, 6.45) is 4.26. The molecule has 0 aliphatic carbocycles. The van der Waals surface area contributed by atoms with Gasteiger partial charge < -0.3 is 10.1 Å². The van der Waals surface area contributed by atoms with Crippen molar-refractivity contribution in [2.75, 3.05) is 13.7 Å². The number of nitrogens with zero attached hydrogens (tertiary/aromatic N) is 2. The molecule has 150 valence electrons. The van der Waals surface area contributed by atoms with Crippen LogP contribution in [0.25, 0.3) is 16.6 Å². The van der Waals surface area contributed by atoms with E-state index in [9.17, 15) is 14.4 Å². The van der Waals surface area contributed by atoms with E-state index in [0.717, 1.165) is 19.3 Å². The number of ether oxygens (including phenoxy) is 1. The van der Waals surface area contributed by atoms with E-state index in [1.54, 1.807) is 42.5 Å². The Morgan fingerprint density at radius 3 is 2.55 bits per heavy atom. The number of rotatable bonds is 8. The molecule has 1 amide bonds. The second-order valence-electron chi connectivity index (χ2n) is 6.63. The fraction of sp³-hybridized carbons (Fsp3) is 0.273. The van der Waals surface area contributed by atoms with E-state index in [0.29, 0.717) is 35.1 Å². The SMILES string of the molecule is COC(=O)CCCCCNC(=O)c1ccc(-n2cnc3ccccc3c2=O)cc1. The van der Waals surface area contributed by atoms with Crippen molar-refractivity contribution in [1.29, 1.82) is 0 Å². The summed E-state index contributed by atoms with van der Waals surface area (Å²) in [6, 6.07) is 14.0. The Morgan fingerprint density at radius 1 is 1.03 bits per heavy atom. The van der Waals surface area contributed by atoms with E-state index in [4.69, 9.17) is 0 Å². The minimum absolute atomic E-state index is 0.153. The summed E-state index contributed by atoms with van der Waals surface area (Å²) in [5.41, 5.74) is 1.66. The molecule has 29 heavy (non-hydrogen) atoms. The van der Waals surface area contributed by atoms with E-state index in [1.165, 1.54) is 18.0 Å². The Morgan fingerprint density at radius 2 is 1.79 bits per heavy atom. The zero-order valence-electron chi connectivity index (χ0n) is 16.3. The molecule has 0 spiro atoms. The number of hydrogen-bond donors (Lipinski definition) is 1. The van der Waals surface area contributed by atoms with Gasteiger partial charge in [-0.05, 0) is 49.2 Å². The van der Waals surface area contributed by atoms with Crippen LogP contribution >= 0.6 is 0 Å². The number of carbonyl (C=O) groups is 2. The van der Waals surface area contributed by atoms with E-state index in [2.05, 4.69) is 15.0 Å². The lowest BCUT2D eigenvalue weighted by Gasteiger charge is -2.08. The van der Waals surface area contributed by atoms with Gasteiger partial charge in [0.1, 0.15) is 6.33 Å². The minimum Gasteiger partial charge on any atom is -0.469 e. The number of amides is 1. The van der Waals surface area contributed by atoms with E-state index < -0.39 is 0 Å². The lowest BCUT2D eigenvalue weighted by Crippen LogP contribution is -2.24. The van der Waals surface area contributed by atoms with Gasteiger partial charge in [0, 0.05) is 18.5 Å². The molecule has 0 radical (unpaired) electrons. The summed E-state index contributed by atoms with van der Waals surface area (Å²) in [6.45, 7) is 0.538. The van der Waals surface area contributed by atoms with Gasteiger partial charge in [-0.3, -0.25) is 19.0 Å². The van der Waals surface area contributed by atoms with Crippen LogP contribution in [0.15, 0.2) is 59.7 Å². The zero-order chi connectivity index (χ0) is 20.6. The van der Waals surface area contributed by atoms with Crippen LogP contribution in [-0.4, -0.2) is 35.1 Å². The highest BCUT2D eigenvalue weighted by molar-refractivity contribution is 5.94. The molecule has 0 aliphatic heterocycles. The fourth-order valence-electron chi connectivity index (χ4n) is 3.00. The van der Waals surface area contributed by atoms with Crippen LogP contribution in [0.1, 0.15) is 36.0 Å². The molecule has 7 nitrogen and oxygen atoms in total. The van der Waals surface area contributed by atoms with Crippen LogP contribution in [0.3, 0.4) is 0 Å². The van der Waals surface area contributed by atoms with Crippen molar-refractivity contribution in [3.05, 3.63) is 70.8 Å². The van der Waals surface area contributed by atoms with Crippen molar-refractivity contribution in [2.24, 2.45) is 0 Å². The zero-order valence-corrected chi connectivity index (χ0v) is 16.3. The van der Waals surface area contributed by atoms with Crippen LogP contribution in [0.2, 0.25) is 0 Å². The van der Waals surface area contributed by atoms with Gasteiger partial charge in [-0.2, -0.15) is 0 Å². The maximum atomic E-state index is 12.7. The first-order chi connectivity index (χ1) is 14.1. The van der Waals surface area contributed by atoms with Crippen molar-refractivity contribution in [2.45, 2.75) is 25.7 Å². The Hall–Kier alpha value is -3.48. The number of hydrogen-bond acceptors (Lipinski definition) is 5. The molecule has 3 rings (SSSR count). The highest BCUT2D eigenvalue weighted by atomic mass is 16.5.